The first-order valence-electron chi connectivity index (χ1n) is 15.1. The number of H-pyrrole nitrogens is 1. The van der Waals surface area contributed by atoms with Crippen LogP contribution in [0.5, 0.6) is 0 Å². The zero-order valence-electron chi connectivity index (χ0n) is 24.4. The number of nitrogens with two attached hydrogens (primary N) is 1. The van der Waals surface area contributed by atoms with E-state index >= 15 is 0 Å². The van der Waals surface area contributed by atoms with Gasteiger partial charge in [-0.05, 0) is 50.3 Å². The molecule has 2 aromatic carbocycles. The summed E-state index contributed by atoms with van der Waals surface area (Å²) in [5.74, 6) is 1.50. The fourth-order valence-electron chi connectivity index (χ4n) is 6.73. The van der Waals surface area contributed by atoms with Crippen molar-refractivity contribution in [3.05, 3.63) is 66.2 Å². The van der Waals surface area contributed by atoms with Crippen molar-refractivity contribution in [1.29, 1.82) is 0 Å². The molecule has 0 atom stereocenters. The SMILES string of the molecule is CCS(=O)(=O)N1CCN(C2CCC(n3nc(-c4ccc5[nH]c(Cc6ccccc6)nc5c4)c4c(N)ncnc43)CC2)CC1. The minimum atomic E-state index is -3.12. The molecular formula is C31H37N9O2S. The molecule has 5 aromatic rings. The molecule has 1 saturated carbocycles. The highest BCUT2D eigenvalue weighted by molar-refractivity contribution is 7.89. The van der Waals surface area contributed by atoms with Gasteiger partial charge in [-0.1, -0.05) is 36.4 Å². The van der Waals surface area contributed by atoms with Crippen molar-refractivity contribution in [2.45, 2.75) is 51.1 Å². The van der Waals surface area contributed by atoms with E-state index in [0.717, 1.165) is 84.3 Å². The molecule has 4 heterocycles. The lowest BCUT2D eigenvalue weighted by molar-refractivity contribution is 0.0986. The monoisotopic (exact) mass is 599 g/mol. The van der Waals surface area contributed by atoms with E-state index in [1.807, 2.05) is 24.3 Å². The Morgan fingerprint density at radius 2 is 1.70 bits per heavy atom. The van der Waals surface area contributed by atoms with Crippen LogP contribution in [0.25, 0.3) is 33.3 Å². The number of rotatable bonds is 7. The Bertz CT molecular complexity index is 1850. The van der Waals surface area contributed by atoms with Gasteiger partial charge in [0.15, 0.2) is 5.65 Å². The number of imidazole rings is 1. The molecule has 3 N–H and O–H groups in total. The van der Waals surface area contributed by atoms with E-state index in [1.165, 1.54) is 11.9 Å². The molecule has 2 fully saturated rings. The molecule has 3 aromatic heterocycles. The summed E-state index contributed by atoms with van der Waals surface area (Å²) in [6.45, 7) is 4.44. The summed E-state index contributed by atoms with van der Waals surface area (Å²) in [5.41, 5.74) is 12.0. The Labute approximate surface area is 251 Å². The molecule has 224 valence electrons. The molecule has 0 amide bonds. The van der Waals surface area contributed by atoms with Crippen LogP contribution in [0, 0.1) is 0 Å². The van der Waals surface area contributed by atoms with Crippen LogP contribution in [0.1, 0.15) is 50.0 Å². The molecule has 7 rings (SSSR count). The number of nitrogens with one attached hydrogen (secondary N) is 1. The molecule has 11 nitrogen and oxygen atoms in total. The van der Waals surface area contributed by atoms with Crippen LogP contribution < -0.4 is 5.73 Å². The fraction of sp³-hybridized carbons (Fsp3) is 0.419. The van der Waals surface area contributed by atoms with Gasteiger partial charge in [0.05, 0.1) is 28.2 Å². The zero-order valence-corrected chi connectivity index (χ0v) is 25.2. The lowest BCUT2D eigenvalue weighted by atomic mass is 9.90. The number of fused-ring (bicyclic) bond motifs is 2. The molecule has 2 aliphatic rings. The van der Waals surface area contributed by atoms with Gasteiger partial charge in [0.25, 0.3) is 0 Å². The van der Waals surface area contributed by atoms with Crippen LogP contribution in [-0.2, 0) is 16.4 Å². The highest BCUT2D eigenvalue weighted by atomic mass is 32.2. The maximum Gasteiger partial charge on any atom is 0.213 e. The molecule has 1 saturated heterocycles. The van der Waals surface area contributed by atoms with Gasteiger partial charge in [0.2, 0.25) is 10.0 Å². The van der Waals surface area contributed by atoms with Crippen LogP contribution in [0.15, 0.2) is 54.9 Å². The second-order valence-electron chi connectivity index (χ2n) is 11.6. The number of nitrogens with zero attached hydrogens (tertiary/aromatic N) is 7. The summed E-state index contributed by atoms with van der Waals surface area (Å²) in [5, 5.41) is 5.89. The van der Waals surface area contributed by atoms with Crippen LogP contribution in [-0.4, -0.2) is 85.3 Å². The van der Waals surface area contributed by atoms with E-state index in [1.54, 1.807) is 11.2 Å². The second kappa shape index (κ2) is 11.3. The molecule has 43 heavy (non-hydrogen) atoms. The topological polar surface area (TPSA) is 139 Å². The second-order valence-corrected chi connectivity index (χ2v) is 13.9. The van der Waals surface area contributed by atoms with Crippen LogP contribution >= 0.6 is 0 Å². The van der Waals surface area contributed by atoms with Crippen molar-refractivity contribution < 1.29 is 8.42 Å². The number of nitrogen functional groups attached to an aromatic ring is 1. The van der Waals surface area contributed by atoms with E-state index in [2.05, 4.69) is 48.8 Å². The summed E-state index contributed by atoms with van der Waals surface area (Å²) in [6.07, 6.45) is 6.26. The summed E-state index contributed by atoms with van der Waals surface area (Å²) in [6, 6.07) is 17.1. The van der Waals surface area contributed by atoms with Crippen molar-refractivity contribution in [3.63, 3.8) is 0 Å². The molecule has 0 spiro atoms. The van der Waals surface area contributed by atoms with Gasteiger partial charge in [0, 0.05) is 44.2 Å². The number of anilines is 1. The van der Waals surface area contributed by atoms with E-state index in [0.29, 0.717) is 24.9 Å². The van der Waals surface area contributed by atoms with Gasteiger partial charge >= 0.3 is 0 Å². The Morgan fingerprint density at radius 3 is 2.44 bits per heavy atom. The van der Waals surface area contributed by atoms with Crippen LogP contribution in [0.3, 0.4) is 0 Å². The molecule has 12 heteroatoms. The average molecular weight is 600 g/mol. The quantitative estimate of drug-likeness (QED) is 0.286. The van der Waals surface area contributed by atoms with Gasteiger partial charge < -0.3 is 10.7 Å². The van der Waals surface area contributed by atoms with Gasteiger partial charge in [-0.2, -0.15) is 9.40 Å². The standard InChI is InChI=1S/C31H37N9O2S/c1-2-43(41,42)39-16-14-38(15-17-39)23-9-11-24(12-10-23)40-31-28(30(32)33-20-34-31)29(37-40)22-8-13-25-26(19-22)36-27(35-25)18-21-6-4-3-5-7-21/h3-8,13,19-20,23-24H,2,9-12,14-18H2,1H3,(H,35,36)(H2,32,33,34). The highest BCUT2D eigenvalue weighted by Gasteiger charge is 2.33. The van der Waals surface area contributed by atoms with Crippen molar-refractivity contribution in [1.82, 2.24) is 38.9 Å². The number of benzene rings is 2. The number of piperazine rings is 1. The number of aromatic nitrogens is 6. The minimum Gasteiger partial charge on any atom is -0.383 e. The van der Waals surface area contributed by atoms with Gasteiger partial charge in [0.1, 0.15) is 23.7 Å². The maximum absolute atomic E-state index is 12.3. The van der Waals surface area contributed by atoms with Crippen molar-refractivity contribution in [2.75, 3.05) is 37.7 Å². The van der Waals surface area contributed by atoms with E-state index in [9.17, 15) is 8.42 Å². The molecular weight excluding hydrogens is 562 g/mol. The lowest BCUT2D eigenvalue weighted by Gasteiger charge is -2.41. The summed E-state index contributed by atoms with van der Waals surface area (Å²) in [4.78, 5) is 19.7. The number of aromatic amines is 1. The van der Waals surface area contributed by atoms with Crippen LogP contribution in [0.4, 0.5) is 5.82 Å². The Hall–Kier alpha value is -3.87. The smallest absolute Gasteiger partial charge is 0.213 e. The fourth-order valence-corrected chi connectivity index (χ4v) is 7.81. The van der Waals surface area contributed by atoms with Gasteiger partial charge in [-0.15, -0.1) is 0 Å². The summed E-state index contributed by atoms with van der Waals surface area (Å²) in [7, 11) is -3.12. The van der Waals surface area contributed by atoms with Gasteiger partial charge in [-0.3, -0.25) is 4.90 Å². The average Bonchev–Trinajstić information content (AvgIpc) is 3.63. The first-order chi connectivity index (χ1) is 20.9. The van der Waals surface area contributed by atoms with Crippen molar-refractivity contribution in [2.24, 2.45) is 0 Å². The first-order valence-corrected chi connectivity index (χ1v) is 16.7. The van der Waals surface area contributed by atoms with Crippen molar-refractivity contribution in [3.8, 4) is 11.3 Å². The van der Waals surface area contributed by atoms with Crippen LogP contribution in [0.2, 0.25) is 0 Å². The first kappa shape index (κ1) is 27.9. The van der Waals surface area contributed by atoms with Crippen molar-refractivity contribution >= 4 is 37.9 Å². The van der Waals surface area contributed by atoms with Gasteiger partial charge in [-0.25, -0.2) is 28.1 Å². The Morgan fingerprint density at radius 1 is 0.953 bits per heavy atom. The van der Waals surface area contributed by atoms with E-state index in [-0.39, 0.29) is 11.8 Å². The third kappa shape index (κ3) is 5.39. The number of hydrogen-bond donors (Lipinski definition) is 2. The lowest BCUT2D eigenvalue weighted by Crippen LogP contribution is -2.52. The Kier molecular flexibility index (Phi) is 7.36. The maximum atomic E-state index is 12.3. The summed E-state index contributed by atoms with van der Waals surface area (Å²) >= 11 is 0. The molecule has 0 radical (unpaired) electrons. The largest absolute Gasteiger partial charge is 0.383 e. The number of sulfonamides is 1. The minimum absolute atomic E-state index is 0.164. The predicted molar refractivity (Wildman–Crippen MR) is 168 cm³/mol. The molecule has 1 aliphatic carbocycles. The third-order valence-electron chi connectivity index (χ3n) is 9.10. The highest BCUT2D eigenvalue weighted by Crippen LogP contribution is 2.37. The zero-order chi connectivity index (χ0) is 29.6. The summed E-state index contributed by atoms with van der Waals surface area (Å²) < 4.78 is 28.3. The molecule has 1 aliphatic heterocycles. The Balaban J connectivity index is 1.11. The predicted octanol–water partition coefficient (Wildman–Crippen LogP) is 3.99. The van der Waals surface area contributed by atoms with E-state index in [4.69, 9.17) is 15.8 Å². The molecule has 0 bridgehead atoms. The number of hydrogen-bond acceptors (Lipinski definition) is 8. The third-order valence-corrected chi connectivity index (χ3v) is 11.0. The molecule has 0 unspecified atom stereocenters. The normalized spacial score (nSPS) is 20.7. The van der Waals surface area contributed by atoms with E-state index < -0.39 is 10.0 Å².